The van der Waals surface area contributed by atoms with Crippen molar-refractivity contribution in [2.75, 3.05) is 23.7 Å². The Labute approximate surface area is 119 Å². The normalized spacial score (nSPS) is 10.6. The van der Waals surface area contributed by atoms with E-state index in [1.54, 1.807) is 6.26 Å². The van der Waals surface area contributed by atoms with Gasteiger partial charge in [0.25, 0.3) is 0 Å². The molecule has 0 saturated heterocycles. The van der Waals surface area contributed by atoms with Crippen molar-refractivity contribution in [1.82, 2.24) is 9.97 Å². The van der Waals surface area contributed by atoms with E-state index in [0.717, 1.165) is 54.7 Å². The maximum absolute atomic E-state index is 5.32. The van der Waals surface area contributed by atoms with Gasteiger partial charge in [0, 0.05) is 31.5 Å². The van der Waals surface area contributed by atoms with E-state index in [0.29, 0.717) is 0 Å². The first kappa shape index (κ1) is 14.4. The number of rotatable bonds is 7. The number of aromatic nitrogens is 2. The molecule has 0 aliphatic rings. The highest BCUT2D eigenvalue weighted by Crippen LogP contribution is 2.20. The molecule has 0 aliphatic heterocycles. The molecular weight excluding hydrogens is 252 g/mol. The van der Waals surface area contributed by atoms with Gasteiger partial charge in [0.05, 0.1) is 6.26 Å². The first-order chi connectivity index (χ1) is 9.74. The van der Waals surface area contributed by atoms with Crippen LogP contribution in [0.1, 0.15) is 31.0 Å². The first-order valence-electron chi connectivity index (χ1n) is 7.12. The Bertz CT molecular complexity index is 537. The number of aryl methyl sites for hydroxylation is 1. The molecule has 20 heavy (non-hydrogen) atoms. The summed E-state index contributed by atoms with van der Waals surface area (Å²) in [5.41, 5.74) is 1.06. The molecule has 0 atom stereocenters. The van der Waals surface area contributed by atoms with E-state index in [-0.39, 0.29) is 0 Å². The predicted octanol–water partition coefficient (Wildman–Crippen LogP) is 3.03. The second-order valence-electron chi connectivity index (χ2n) is 4.60. The third kappa shape index (κ3) is 3.50. The van der Waals surface area contributed by atoms with Crippen molar-refractivity contribution >= 4 is 11.6 Å². The van der Waals surface area contributed by atoms with Gasteiger partial charge in [0.1, 0.15) is 23.2 Å². The second kappa shape index (κ2) is 6.93. The van der Waals surface area contributed by atoms with E-state index in [4.69, 9.17) is 4.42 Å². The van der Waals surface area contributed by atoms with Gasteiger partial charge in [-0.3, -0.25) is 0 Å². The Morgan fingerprint density at radius 2 is 1.90 bits per heavy atom. The monoisotopic (exact) mass is 274 g/mol. The van der Waals surface area contributed by atoms with Crippen LogP contribution in [0.15, 0.2) is 22.8 Å². The van der Waals surface area contributed by atoms with Crippen LogP contribution in [-0.4, -0.2) is 23.1 Å². The summed E-state index contributed by atoms with van der Waals surface area (Å²) in [5, 5.41) is 6.66. The maximum atomic E-state index is 5.32. The average Bonchev–Trinajstić information content (AvgIpc) is 2.96. The summed E-state index contributed by atoms with van der Waals surface area (Å²) in [6.07, 6.45) is 3.36. The fraction of sp³-hybridized carbons (Fsp3) is 0.467. The van der Waals surface area contributed by atoms with Crippen molar-refractivity contribution in [3.63, 3.8) is 0 Å². The van der Waals surface area contributed by atoms with Crippen molar-refractivity contribution in [3.8, 4) is 0 Å². The van der Waals surface area contributed by atoms with E-state index < -0.39 is 0 Å². The lowest BCUT2D eigenvalue weighted by Crippen LogP contribution is -2.12. The Morgan fingerprint density at radius 3 is 2.50 bits per heavy atom. The van der Waals surface area contributed by atoms with Gasteiger partial charge in [-0.25, -0.2) is 9.97 Å². The molecule has 0 bridgehead atoms. The number of furan rings is 1. The topological polar surface area (TPSA) is 63.0 Å². The largest absolute Gasteiger partial charge is 0.469 e. The Morgan fingerprint density at radius 1 is 1.15 bits per heavy atom. The van der Waals surface area contributed by atoms with Crippen LogP contribution in [0, 0.1) is 6.92 Å². The standard InChI is InChI=1S/C15H22N4O/c1-4-13-18-14(16-5-2)11(3)15(19-13)17-9-8-12-7-6-10-20-12/h6-7,10H,4-5,8-9H2,1-3H3,(H2,16,17,18,19). The van der Waals surface area contributed by atoms with Crippen LogP contribution in [0.3, 0.4) is 0 Å². The molecule has 5 nitrogen and oxygen atoms in total. The van der Waals surface area contributed by atoms with Crippen LogP contribution < -0.4 is 10.6 Å². The van der Waals surface area contributed by atoms with Gasteiger partial charge in [0.2, 0.25) is 0 Å². The highest BCUT2D eigenvalue weighted by Gasteiger charge is 2.09. The third-order valence-corrected chi connectivity index (χ3v) is 3.10. The van der Waals surface area contributed by atoms with Gasteiger partial charge >= 0.3 is 0 Å². The molecule has 2 rings (SSSR count). The average molecular weight is 274 g/mol. The van der Waals surface area contributed by atoms with Crippen molar-refractivity contribution < 1.29 is 4.42 Å². The van der Waals surface area contributed by atoms with Crippen molar-refractivity contribution in [2.45, 2.75) is 33.6 Å². The molecule has 0 saturated carbocycles. The zero-order chi connectivity index (χ0) is 14.4. The van der Waals surface area contributed by atoms with Gasteiger partial charge in [-0.1, -0.05) is 6.92 Å². The number of anilines is 2. The molecule has 0 aromatic carbocycles. The summed E-state index contributed by atoms with van der Waals surface area (Å²) in [5.74, 6) is 3.65. The number of nitrogens with one attached hydrogen (secondary N) is 2. The summed E-state index contributed by atoms with van der Waals surface area (Å²) in [4.78, 5) is 9.08. The molecule has 2 heterocycles. The van der Waals surface area contributed by atoms with E-state index in [1.807, 2.05) is 19.1 Å². The molecule has 0 unspecified atom stereocenters. The van der Waals surface area contributed by atoms with Crippen LogP contribution in [0.2, 0.25) is 0 Å². The van der Waals surface area contributed by atoms with Gasteiger partial charge in [-0.05, 0) is 26.0 Å². The maximum Gasteiger partial charge on any atom is 0.134 e. The second-order valence-corrected chi connectivity index (χ2v) is 4.60. The first-order valence-corrected chi connectivity index (χ1v) is 7.12. The van der Waals surface area contributed by atoms with E-state index in [1.165, 1.54) is 0 Å². The molecular formula is C15H22N4O. The summed E-state index contributed by atoms with van der Waals surface area (Å²) in [7, 11) is 0. The molecule has 5 heteroatoms. The fourth-order valence-corrected chi connectivity index (χ4v) is 1.99. The molecule has 2 N–H and O–H groups in total. The SMILES string of the molecule is CCNc1nc(CC)nc(NCCc2ccco2)c1C. The quantitative estimate of drug-likeness (QED) is 0.812. The fourth-order valence-electron chi connectivity index (χ4n) is 1.99. The van der Waals surface area contributed by atoms with Crippen molar-refractivity contribution in [2.24, 2.45) is 0 Å². The number of hydrogen-bond acceptors (Lipinski definition) is 5. The number of nitrogens with zero attached hydrogens (tertiary/aromatic N) is 2. The Hall–Kier alpha value is -2.04. The van der Waals surface area contributed by atoms with Crippen molar-refractivity contribution in [3.05, 3.63) is 35.5 Å². The van der Waals surface area contributed by atoms with Gasteiger partial charge in [-0.15, -0.1) is 0 Å². The highest BCUT2D eigenvalue weighted by atomic mass is 16.3. The summed E-state index contributed by atoms with van der Waals surface area (Å²) in [6.45, 7) is 7.81. The minimum atomic E-state index is 0.792. The van der Waals surface area contributed by atoms with Crippen LogP contribution in [0.25, 0.3) is 0 Å². The zero-order valence-corrected chi connectivity index (χ0v) is 12.4. The molecule has 0 amide bonds. The van der Waals surface area contributed by atoms with Crippen LogP contribution >= 0.6 is 0 Å². The van der Waals surface area contributed by atoms with E-state index in [9.17, 15) is 0 Å². The number of hydrogen-bond donors (Lipinski definition) is 2. The lowest BCUT2D eigenvalue weighted by molar-refractivity contribution is 0.513. The molecule has 0 aliphatic carbocycles. The Kier molecular flexibility index (Phi) is 4.98. The van der Waals surface area contributed by atoms with Gasteiger partial charge < -0.3 is 15.1 Å². The predicted molar refractivity (Wildman–Crippen MR) is 81.2 cm³/mol. The summed E-state index contributed by atoms with van der Waals surface area (Å²) < 4.78 is 5.32. The summed E-state index contributed by atoms with van der Waals surface area (Å²) >= 11 is 0. The van der Waals surface area contributed by atoms with Gasteiger partial charge in [-0.2, -0.15) is 0 Å². The highest BCUT2D eigenvalue weighted by molar-refractivity contribution is 5.57. The van der Waals surface area contributed by atoms with Gasteiger partial charge in [0.15, 0.2) is 0 Å². The molecule has 0 fully saturated rings. The lowest BCUT2D eigenvalue weighted by Gasteiger charge is -2.13. The minimum Gasteiger partial charge on any atom is -0.469 e. The van der Waals surface area contributed by atoms with E-state index in [2.05, 4.69) is 34.4 Å². The Balaban J connectivity index is 2.07. The molecule has 0 spiro atoms. The third-order valence-electron chi connectivity index (χ3n) is 3.10. The zero-order valence-electron chi connectivity index (χ0n) is 12.4. The van der Waals surface area contributed by atoms with Crippen LogP contribution in [0.4, 0.5) is 11.6 Å². The molecule has 2 aromatic rings. The van der Waals surface area contributed by atoms with Crippen LogP contribution in [-0.2, 0) is 12.8 Å². The minimum absolute atomic E-state index is 0.792. The lowest BCUT2D eigenvalue weighted by atomic mass is 10.2. The van der Waals surface area contributed by atoms with Crippen LogP contribution in [0.5, 0.6) is 0 Å². The molecule has 0 radical (unpaired) electrons. The summed E-state index contributed by atoms with van der Waals surface area (Å²) in [6, 6.07) is 3.89. The smallest absolute Gasteiger partial charge is 0.134 e. The van der Waals surface area contributed by atoms with Crippen molar-refractivity contribution in [1.29, 1.82) is 0 Å². The van der Waals surface area contributed by atoms with E-state index >= 15 is 0 Å². The molecule has 108 valence electrons. The molecule has 2 aromatic heterocycles.